The number of rotatable bonds is 3. The Hall–Kier alpha value is -0.750. The maximum absolute atomic E-state index is 13.2. The van der Waals surface area contributed by atoms with Crippen molar-refractivity contribution in [2.75, 3.05) is 19.7 Å². The van der Waals surface area contributed by atoms with Crippen LogP contribution in [0.5, 0.6) is 0 Å². The molecular formula is C12H14ClFN2OS. The number of hydrogen-bond acceptors (Lipinski definition) is 3. The minimum atomic E-state index is -0.284. The summed E-state index contributed by atoms with van der Waals surface area (Å²) in [6, 6.07) is 4.37. The molecule has 1 fully saturated rings. The van der Waals surface area contributed by atoms with E-state index in [4.69, 9.17) is 34.3 Å². The molecule has 0 aromatic heterocycles. The van der Waals surface area contributed by atoms with E-state index in [0.29, 0.717) is 29.7 Å². The Balaban J connectivity index is 2.04. The first-order valence-electron chi connectivity index (χ1n) is 5.63. The molecule has 1 heterocycles. The van der Waals surface area contributed by atoms with Crippen molar-refractivity contribution >= 4 is 28.8 Å². The number of nitrogens with zero attached hydrogens (tertiary/aromatic N) is 1. The van der Waals surface area contributed by atoms with Gasteiger partial charge in [-0.3, -0.25) is 4.90 Å². The number of halogens is 2. The molecule has 2 rings (SSSR count). The van der Waals surface area contributed by atoms with Crippen LogP contribution in [0.2, 0.25) is 5.02 Å². The molecule has 0 amide bonds. The summed E-state index contributed by atoms with van der Waals surface area (Å²) < 4.78 is 18.6. The highest BCUT2D eigenvalue weighted by Gasteiger charge is 2.23. The van der Waals surface area contributed by atoms with Crippen LogP contribution in [0, 0.1) is 5.82 Å². The second-order valence-corrected chi connectivity index (χ2v) is 5.11. The molecule has 98 valence electrons. The standard InChI is InChI=1S/C12H14ClFN2OS/c13-10-2-1-9(14)5-8(10)6-16-3-4-17-11(7-16)12(15)18/h1-2,5,11H,3-4,6-7H2,(H2,15,18). The Morgan fingerprint density at radius 3 is 3.11 bits per heavy atom. The van der Waals surface area contributed by atoms with Crippen LogP contribution in [-0.4, -0.2) is 35.7 Å². The molecule has 1 aromatic rings. The number of morpholine rings is 1. The highest BCUT2D eigenvalue weighted by atomic mass is 35.5. The van der Waals surface area contributed by atoms with Crippen LogP contribution in [0.25, 0.3) is 0 Å². The normalized spacial score (nSPS) is 20.9. The van der Waals surface area contributed by atoms with E-state index in [0.717, 1.165) is 12.1 Å². The Bertz CT molecular complexity index is 458. The molecule has 3 nitrogen and oxygen atoms in total. The van der Waals surface area contributed by atoms with Gasteiger partial charge in [0.25, 0.3) is 0 Å². The molecule has 0 saturated carbocycles. The first-order valence-corrected chi connectivity index (χ1v) is 6.42. The predicted molar refractivity (Wildman–Crippen MR) is 73.2 cm³/mol. The van der Waals surface area contributed by atoms with E-state index in [2.05, 4.69) is 4.90 Å². The van der Waals surface area contributed by atoms with Crippen LogP contribution in [0.15, 0.2) is 18.2 Å². The van der Waals surface area contributed by atoms with Gasteiger partial charge in [0.05, 0.1) is 6.61 Å². The first kappa shape index (κ1) is 13.7. The van der Waals surface area contributed by atoms with Crippen LogP contribution >= 0.6 is 23.8 Å². The highest BCUT2D eigenvalue weighted by molar-refractivity contribution is 7.80. The molecule has 1 aliphatic rings. The lowest BCUT2D eigenvalue weighted by Crippen LogP contribution is -2.47. The minimum absolute atomic E-state index is 0.235. The number of nitrogens with two attached hydrogens (primary N) is 1. The molecule has 2 N–H and O–H groups in total. The molecule has 1 atom stereocenters. The summed E-state index contributed by atoms with van der Waals surface area (Å²) in [5.74, 6) is -0.284. The largest absolute Gasteiger partial charge is 0.391 e. The number of hydrogen-bond donors (Lipinski definition) is 1. The monoisotopic (exact) mass is 288 g/mol. The summed E-state index contributed by atoms with van der Waals surface area (Å²) in [5.41, 5.74) is 6.33. The molecule has 0 radical (unpaired) electrons. The lowest BCUT2D eigenvalue weighted by atomic mass is 10.2. The zero-order chi connectivity index (χ0) is 13.1. The van der Waals surface area contributed by atoms with E-state index in [9.17, 15) is 4.39 Å². The minimum Gasteiger partial charge on any atom is -0.391 e. The van der Waals surface area contributed by atoms with E-state index in [1.807, 2.05) is 0 Å². The molecule has 1 saturated heterocycles. The van der Waals surface area contributed by atoms with Crippen LogP contribution in [-0.2, 0) is 11.3 Å². The number of ether oxygens (including phenoxy) is 1. The Labute approximate surface area is 116 Å². The first-order chi connectivity index (χ1) is 8.56. The van der Waals surface area contributed by atoms with Crippen molar-refractivity contribution < 1.29 is 9.13 Å². The van der Waals surface area contributed by atoms with Gasteiger partial charge in [-0.15, -0.1) is 0 Å². The molecule has 1 aromatic carbocycles. The van der Waals surface area contributed by atoms with Crippen molar-refractivity contribution in [3.63, 3.8) is 0 Å². The van der Waals surface area contributed by atoms with Crippen molar-refractivity contribution in [1.29, 1.82) is 0 Å². The molecule has 1 aliphatic heterocycles. The molecule has 0 bridgehead atoms. The third kappa shape index (κ3) is 3.38. The van der Waals surface area contributed by atoms with Gasteiger partial charge >= 0.3 is 0 Å². The summed E-state index contributed by atoms with van der Waals surface area (Å²) in [5, 5.41) is 0.565. The van der Waals surface area contributed by atoms with E-state index in [1.165, 1.54) is 12.1 Å². The van der Waals surface area contributed by atoms with Gasteiger partial charge in [0.2, 0.25) is 0 Å². The molecule has 0 spiro atoms. The average molecular weight is 289 g/mol. The van der Waals surface area contributed by atoms with Gasteiger partial charge in [-0.05, 0) is 23.8 Å². The van der Waals surface area contributed by atoms with Crippen molar-refractivity contribution in [1.82, 2.24) is 4.90 Å². The summed E-state index contributed by atoms with van der Waals surface area (Å²) in [7, 11) is 0. The van der Waals surface area contributed by atoms with Crippen LogP contribution in [0.1, 0.15) is 5.56 Å². The lowest BCUT2D eigenvalue weighted by molar-refractivity contribution is 0.00389. The van der Waals surface area contributed by atoms with Gasteiger partial charge in [-0.1, -0.05) is 23.8 Å². The van der Waals surface area contributed by atoms with Crippen molar-refractivity contribution in [2.24, 2.45) is 5.73 Å². The number of thiocarbonyl (C=S) groups is 1. The van der Waals surface area contributed by atoms with Gasteiger partial charge in [0.1, 0.15) is 16.9 Å². The Morgan fingerprint density at radius 2 is 2.39 bits per heavy atom. The lowest BCUT2D eigenvalue weighted by Gasteiger charge is -2.32. The maximum Gasteiger partial charge on any atom is 0.123 e. The summed E-state index contributed by atoms with van der Waals surface area (Å²) in [6.45, 7) is 2.50. The second kappa shape index (κ2) is 5.93. The fourth-order valence-corrected chi connectivity index (χ4v) is 2.24. The van der Waals surface area contributed by atoms with E-state index in [-0.39, 0.29) is 11.9 Å². The highest BCUT2D eigenvalue weighted by Crippen LogP contribution is 2.20. The maximum atomic E-state index is 13.2. The predicted octanol–water partition coefficient (Wildman–Crippen LogP) is 1.97. The Kier molecular flexibility index (Phi) is 4.50. The van der Waals surface area contributed by atoms with Crippen LogP contribution in [0.4, 0.5) is 4.39 Å². The van der Waals surface area contributed by atoms with E-state index < -0.39 is 0 Å². The zero-order valence-corrected chi connectivity index (χ0v) is 11.3. The third-order valence-electron chi connectivity index (χ3n) is 2.87. The molecular weight excluding hydrogens is 275 g/mol. The topological polar surface area (TPSA) is 38.5 Å². The van der Waals surface area contributed by atoms with Gasteiger partial charge in [0, 0.05) is 24.7 Å². The van der Waals surface area contributed by atoms with Gasteiger partial charge in [-0.25, -0.2) is 4.39 Å². The van der Waals surface area contributed by atoms with E-state index >= 15 is 0 Å². The van der Waals surface area contributed by atoms with E-state index in [1.54, 1.807) is 6.07 Å². The van der Waals surface area contributed by atoms with Crippen LogP contribution < -0.4 is 5.73 Å². The van der Waals surface area contributed by atoms with Crippen LogP contribution in [0.3, 0.4) is 0 Å². The molecule has 18 heavy (non-hydrogen) atoms. The van der Waals surface area contributed by atoms with Gasteiger partial charge < -0.3 is 10.5 Å². The smallest absolute Gasteiger partial charge is 0.123 e. The van der Waals surface area contributed by atoms with Crippen molar-refractivity contribution in [3.8, 4) is 0 Å². The Morgan fingerprint density at radius 1 is 1.61 bits per heavy atom. The summed E-state index contributed by atoms with van der Waals surface area (Å²) in [6.07, 6.45) is -0.235. The van der Waals surface area contributed by atoms with Gasteiger partial charge in [-0.2, -0.15) is 0 Å². The fraction of sp³-hybridized carbons (Fsp3) is 0.417. The SMILES string of the molecule is NC(=S)C1CN(Cc2cc(F)ccc2Cl)CCO1. The second-order valence-electron chi connectivity index (χ2n) is 4.23. The zero-order valence-electron chi connectivity index (χ0n) is 9.73. The quantitative estimate of drug-likeness (QED) is 0.863. The molecule has 0 aliphatic carbocycles. The van der Waals surface area contributed by atoms with Crippen molar-refractivity contribution in [3.05, 3.63) is 34.6 Å². The third-order valence-corrected chi connectivity index (χ3v) is 3.50. The molecule has 1 unspecified atom stereocenters. The average Bonchev–Trinajstić information content (AvgIpc) is 2.34. The number of benzene rings is 1. The molecule has 6 heteroatoms. The summed E-state index contributed by atoms with van der Waals surface area (Å²) in [4.78, 5) is 2.46. The fourth-order valence-electron chi connectivity index (χ4n) is 1.92. The van der Waals surface area contributed by atoms with Crippen molar-refractivity contribution in [2.45, 2.75) is 12.6 Å². The summed E-state index contributed by atoms with van der Waals surface area (Å²) >= 11 is 11.0. The van der Waals surface area contributed by atoms with Gasteiger partial charge in [0.15, 0.2) is 0 Å².